The van der Waals surface area contributed by atoms with Crippen LogP contribution in [0, 0.1) is 0 Å². The summed E-state index contributed by atoms with van der Waals surface area (Å²) >= 11 is 0. The predicted molar refractivity (Wildman–Crippen MR) is 94.6 cm³/mol. The van der Waals surface area contributed by atoms with Crippen LogP contribution >= 0.6 is 0 Å². The largest absolute Gasteiger partial charge is 0.495 e. The van der Waals surface area contributed by atoms with Gasteiger partial charge in [0.05, 0.1) is 18.8 Å². The van der Waals surface area contributed by atoms with E-state index < -0.39 is 34.1 Å². The van der Waals surface area contributed by atoms with Crippen LogP contribution in [0.1, 0.15) is 45.0 Å². The van der Waals surface area contributed by atoms with Gasteiger partial charge in [-0.25, -0.2) is 22.7 Å². The minimum Gasteiger partial charge on any atom is -0.495 e. The number of sulfonamides is 1. The van der Waals surface area contributed by atoms with Crippen molar-refractivity contribution in [2.45, 2.75) is 51.2 Å². The third kappa shape index (κ3) is 6.64. The average Bonchev–Trinajstić information content (AvgIpc) is 2.49. The Hall–Kier alpha value is -2.13. The van der Waals surface area contributed by atoms with E-state index in [1.54, 1.807) is 34.6 Å². The van der Waals surface area contributed by atoms with E-state index in [2.05, 4.69) is 4.72 Å². The zero-order valence-corrected chi connectivity index (χ0v) is 16.6. The SMILES string of the molecule is COc1ccc(C(=O)OCC(=O)OC(C)C)cc1S(=O)(=O)NC(C)(C)C. The number of nitrogens with one attached hydrogen (secondary N) is 1. The second kappa shape index (κ2) is 8.50. The van der Waals surface area contributed by atoms with Crippen molar-refractivity contribution in [1.82, 2.24) is 4.72 Å². The fourth-order valence-corrected chi connectivity index (χ4v) is 3.59. The second-order valence-electron chi connectivity index (χ2n) is 6.84. The summed E-state index contributed by atoms with van der Waals surface area (Å²) in [5.41, 5.74) is -0.751. The highest BCUT2D eigenvalue weighted by molar-refractivity contribution is 7.89. The van der Waals surface area contributed by atoms with E-state index in [0.717, 1.165) is 6.07 Å². The normalized spacial score (nSPS) is 12.0. The number of rotatable bonds is 7. The molecule has 0 saturated heterocycles. The van der Waals surface area contributed by atoms with E-state index in [4.69, 9.17) is 14.2 Å². The predicted octanol–water partition coefficient (Wildman–Crippen LogP) is 1.88. The Kier molecular flexibility index (Phi) is 7.16. The third-order valence-corrected chi connectivity index (χ3v) is 4.60. The molecule has 1 aromatic carbocycles. The molecule has 0 amide bonds. The molecule has 0 heterocycles. The number of hydrogen-bond acceptors (Lipinski definition) is 7. The minimum absolute atomic E-state index is 0.0302. The Bertz CT molecular complexity index is 764. The highest BCUT2D eigenvalue weighted by atomic mass is 32.2. The van der Waals surface area contributed by atoms with E-state index in [9.17, 15) is 18.0 Å². The molecule has 0 atom stereocenters. The van der Waals surface area contributed by atoms with Crippen molar-refractivity contribution in [2.75, 3.05) is 13.7 Å². The van der Waals surface area contributed by atoms with Crippen molar-refractivity contribution < 1.29 is 32.2 Å². The topological polar surface area (TPSA) is 108 Å². The molecule has 0 saturated carbocycles. The molecular formula is C17H25NO7S. The van der Waals surface area contributed by atoms with Gasteiger partial charge in [0.1, 0.15) is 10.6 Å². The molecule has 8 nitrogen and oxygen atoms in total. The van der Waals surface area contributed by atoms with Crippen LogP contribution in [0.25, 0.3) is 0 Å². The van der Waals surface area contributed by atoms with Gasteiger partial charge < -0.3 is 14.2 Å². The minimum atomic E-state index is -3.94. The summed E-state index contributed by atoms with van der Waals surface area (Å²) in [6, 6.07) is 3.84. The van der Waals surface area contributed by atoms with Crippen molar-refractivity contribution in [1.29, 1.82) is 0 Å². The van der Waals surface area contributed by atoms with E-state index >= 15 is 0 Å². The molecule has 0 fully saturated rings. The molecule has 0 aromatic heterocycles. The fraction of sp³-hybridized carbons (Fsp3) is 0.529. The molecular weight excluding hydrogens is 362 g/mol. The Morgan fingerprint density at radius 3 is 2.31 bits per heavy atom. The van der Waals surface area contributed by atoms with Gasteiger partial charge in [-0.15, -0.1) is 0 Å². The summed E-state index contributed by atoms with van der Waals surface area (Å²) in [5.74, 6) is -1.46. The molecule has 0 unspecified atom stereocenters. The molecule has 0 aliphatic rings. The van der Waals surface area contributed by atoms with E-state index in [1.165, 1.54) is 19.2 Å². The van der Waals surface area contributed by atoms with E-state index in [1.807, 2.05) is 0 Å². The lowest BCUT2D eigenvalue weighted by Gasteiger charge is -2.21. The average molecular weight is 387 g/mol. The highest BCUT2D eigenvalue weighted by Gasteiger charge is 2.26. The summed E-state index contributed by atoms with van der Waals surface area (Å²) < 4.78 is 42.4. The van der Waals surface area contributed by atoms with Crippen LogP contribution in [0.3, 0.4) is 0 Å². The molecule has 146 valence electrons. The van der Waals surface area contributed by atoms with E-state index in [-0.39, 0.29) is 22.3 Å². The van der Waals surface area contributed by atoms with Crippen LogP contribution < -0.4 is 9.46 Å². The third-order valence-electron chi connectivity index (χ3n) is 2.82. The molecule has 1 N–H and O–H groups in total. The number of benzene rings is 1. The maximum atomic E-state index is 12.6. The lowest BCUT2D eigenvalue weighted by atomic mass is 10.1. The summed E-state index contributed by atoms with van der Waals surface area (Å²) in [5, 5.41) is 0. The molecule has 0 aliphatic heterocycles. The molecule has 0 aliphatic carbocycles. The van der Waals surface area contributed by atoms with Gasteiger partial charge in [-0.05, 0) is 52.8 Å². The molecule has 1 aromatic rings. The Labute approximate surface area is 153 Å². The van der Waals surface area contributed by atoms with Gasteiger partial charge in [-0.3, -0.25) is 0 Å². The number of esters is 2. The number of ether oxygens (including phenoxy) is 3. The molecule has 0 spiro atoms. The van der Waals surface area contributed by atoms with Crippen LogP contribution in [0.2, 0.25) is 0 Å². The van der Waals surface area contributed by atoms with Crippen LogP contribution in [0.15, 0.2) is 23.1 Å². The lowest BCUT2D eigenvalue weighted by molar-refractivity contribution is -0.150. The lowest BCUT2D eigenvalue weighted by Crippen LogP contribution is -2.40. The van der Waals surface area contributed by atoms with Gasteiger partial charge in [0.2, 0.25) is 10.0 Å². The number of carbonyl (C=O) groups is 2. The quantitative estimate of drug-likeness (QED) is 0.712. The van der Waals surface area contributed by atoms with Gasteiger partial charge in [0, 0.05) is 5.54 Å². The summed E-state index contributed by atoms with van der Waals surface area (Å²) in [6.07, 6.45) is -0.331. The Morgan fingerprint density at radius 1 is 1.19 bits per heavy atom. The zero-order chi connectivity index (χ0) is 20.1. The summed E-state index contributed by atoms with van der Waals surface area (Å²) in [4.78, 5) is 23.4. The number of methoxy groups -OCH3 is 1. The first kappa shape index (κ1) is 21.9. The first-order valence-electron chi connectivity index (χ1n) is 7.94. The van der Waals surface area contributed by atoms with Gasteiger partial charge in [0.25, 0.3) is 0 Å². The smallest absolute Gasteiger partial charge is 0.344 e. The molecule has 1 rings (SSSR count). The Balaban J connectivity index is 3.06. The summed E-state index contributed by atoms with van der Waals surface area (Å²) in [7, 11) is -2.61. The van der Waals surface area contributed by atoms with Crippen molar-refractivity contribution >= 4 is 22.0 Å². The molecule has 0 bridgehead atoms. The van der Waals surface area contributed by atoms with Gasteiger partial charge in [0.15, 0.2) is 6.61 Å². The van der Waals surface area contributed by atoms with Gasteiger partial charge in [-0.1, -0.05) is 0 Å². The Morgan fingerprint density at radius 2 is 1.81 bits per heavy atom. The van der Waals surface area contributed by atoms with Crippen molar-refractivity contribution in [3.63, 3.8) is 0 Å². The molecule has 26 heavy (non-hydrogen) atoms. The number of carbonyl (C=O) groups excluding carboxylic acids is 2. The van der Waals surface area contributed by atoms with E-state index in [0.29, 0.717) is 0 Å². The monoisotopic (exact) mass is 387 g/mol. The summed E-state index contributed by atoms with van der Waals surface area (Å²) in [6.45, 7) is 7.84. The number of hydrogen-bond donors (Lipinski definition) is 1. The maximum Gasteiger partial charge on any atom is 0.344 e. The molecule has 0 radical (unpaired) electrons. The van der Waals surface area contributed by atoms with Gasteiger partial charge in [-0.2, -0.15) is 0 Å². The van der Waals surface area contributed by atoms with Crippen molar-refractivity contribution in [2.24, 2.45) is 0 Å². The van der Waals surface area contributed by atoms with Crippen LogP contribution in [0.4, 0.5) is 0 Å². The zero-order valence-electron chi connectivity index (χ0n) is 15.8. The standard InChI is InChI=1S/C17H25NO7S/c1-11(2)25-15(19)10-24-16(20)12-7-8-13(23-6)14(9-12)26(21,22)18-17(3,4)5/h7-9,11,18H,10H2,1-6H3. The molecule has 9 heteroatoms. The highest BCUT2D eigenvalue weighted by Crippen LogP contribution is 2.26. The van der Waals surface area contributed by atoms with Crippen LogP contribution in [-0.2, 0) is 24.3 Å². The first-order chi connectivity index (χ1) is 11.9. The fourth-order valence-electron chi connectivity index (χ4n) is 1.98. The van der Waals surface area contributed by atoms with Crippen molar-refractivity contribution in [3.8, 4) is 5.75 Å². The van der Waals surface area contributed by atoms with Crippen LogP contribution in [0.5, 0.6) is 5.75 Å². The van der Waals surface area contributed by atoms with Gasteiger partial charge >= 0.3 is 11.9 Å². The van der Waals surface area contributed by atoms with Crippen molar-refractivity contribution in [3.05, 3.63) is 23.8 Å². The maximum absolute atomic E-state index is 12.6. The first-order valence-corrected chi connectivity index (χ1v) is 9.42. The van der Waals surface area contributed by atoms with Crippen LogP contribution in [-0.4, -0.2) is 45.7 Å². The second-order valence-corrected chi connectivity index (χ2v) is 8.49.